The van der Waals surface area contributed by atoms with Crippen molar-refractivity contribution in [2.75, 3.05) is 0 Å². The number of aromatic nitrogens is 6. The molecule has 0 radical (unpaired) electrons. The van der Waals surface area contributed by atoms with Crippen LogP contribution in [0.1, 0.15) is 19.7 Å². The van der Waals surface area contributed by atoms with Crippen molar-refractivity contribution in [3.8, 4) is 0 Å². The van der Waals surface area contributed by atoms with E-state index in [0.717, 1.165) is 10.9 Å². The Hall–Kier alpha value is -3.36. The third-order valence-electron chi connectivity index (χ3n) is 3.98. The van der Waals surface area contributed by atoms with Crippen molar-refractivity contribution in [2.45, 2.75) is 19.4 Å². The van der Waals surface area contributed by atoms with Gasteiger partial charge in [0.25, 0.3) is 0 Å². The highest BCUT2D eigenvalue weighted by Gasteiger charge is 2.30. The van der Waals surface area contributed by atoms with E-state index in [0.29, 0.717) is 11.5 Å². The van der Waals surface area contributed by atoms with Crippen LogP contribution in [0.5, 0.6) is 0 Å². The first-order valence-corrected chi connectivity index (χ1v) is 7.27. The summed E-state index contributed by atoms with van der Waals surface area (Å²) in [6.07, 6.45) is 4.20. The van der Waals surface area contributed by atoms with Gasteiger partial charge in [0.15, 0.2) is 11.5 Å². The second kappa shape index (κ2) is 4.82. The van der Waals surface area contributed by atoms with Gasteiger partial charge in [0.05, 0.1) is 10.4 Å². The highest BCUT2D eigenvalue weighted by Crippen LogP contribution is 2.26. The van der Waals surface area contributed by atoms with Crippen molar-refractivity contribution in [1.82, 2.24) is 29.4 Å². The average molecular weight is 323 g/mol. The Bertz CT molecular complexity index is 1080. The first kappa shape index (κ1) is 14.2. The molecule has 120 valence electrons. The molecule has 0 aliphatic rings. The first-order valence-electron chi connectivity index (χ1n) is 7.27. The predicted molar refractivity (Wildman–Crippen MR) is 85.6 cm³/mol. The molecule has 4 rings (SSSR count). The van der Waals surface area contributed by atoms with Crippen LogP contribution in [0.25, 0.3) is 16.6 Å². The van der Waals surface area contributed by atoms with E-state index in [2.05, 4.69) is 20.2 Å². The van der Waals surface area contributed by atoms with Crippen LogP contribution in [-0.2, 0) is 5.54 Å². The topological polar surface area (TPSA) is 104 Å². The molecule has 24 heavy (non-hydrogen) atoms. The Kier molecular flexibility index (Phi) is 2.86. The van der Waals surface area contributed by atoms with Crippen molar-refractivity contribution >= 4 is 22.2 Å². The molecule has 0 bridgehead atoms. The average Bonchev–Trinajstić information content (AvgIpc) is 3.22. The lowest BCUT2D eigenvalue weighted by Gasteiger charge is -2.20. The zero-order valence-electron chi connectivity index (χ0n) is 13.0. The Morgan fingerprint density at radius 2 is 2.04 bits per heavy atom. The van der Waals surface area contributed by atoms with E-state index in [9.17, 15) is 10.1 Å². The molecule has 0 amide bonds. The minimum Gasteiger partial charge on any atom is -0.258 e. The number of nitrogens with zero attached hydrogens (tertiary/aromatic N) is 7. The fourth-order valence-corrected chi connectivity index (χ4v) is 2.55. The molecule has 0 atom stereocenters. The normalized spacial score (nSPS) is 12.1. The smallest absolute Gasteiger partial charge is 0.258 e. The molecule has 0 unspecified atom stereocenters. The largest absolute Gasteiger partial charge is 0.307 e. The summed E-state index contributed by atoms with van der Waals surface area (Å²) in [4.78, 5) is 19.4. The molecule has 0 spiro atoms. The van der Waals surface area contributed by atoms with Crippen LogP contribution in [0.15, 0.2) is 43.0 Å². The van der Waals surface area contributed by atoms with E-state index < -0.39 is 10.5 Å². The molecule has 0 saturated carbocycles. The Labute approximate surface area is 135 Å². The predicted octanol–water partition coefficient (Wildman–Crippen LogP) is 2.17. The minimum absolute atomic E-state index is 0.0704. The minimum atomic E-state index is -0.749. The standard InChI is InChI=1S/C15H13N7O2/c1-15(2,21-8-10(7-17-21)22(23)24)14-18-13-11-5-3-4-6-12(11)16-9-20(13)19-14/h3-9H,1-2H3. The van der Waals surface area contributed by atoms with Gasteiger partial charge in [-0.25, -0.2) is 14.5 Å². The lowest BCUT2D eigenvalue weighted by Crippen LogP contribution is -2.29. The highest BCUT2D eigenvalue weighted by molar-refractivity contribution is 5.90. The maximum absolute atomic E-state index is 10.9. The van der Waals surface area contributed by atoms with Crippen molar-refractivity contribution in [3.63, 3.8) is 0 Å². The van der Waals surface area contributed by atoms with E-state index in [1.54, 1.807) is 10.8 Å². The van der Waals surface area contributed by atoms with E-state index in [1.165, 1.54) is 17.1 Å². The number of hydrogen-bond donors (Lipinski definition) is 0. The van der Waals surface area contributed by atoms with Gasteiger partial charge in [0, 0.05) is 5.39 Å². The number of para-hydroxylation sites is 1. The maximum Gasteiger partial charge on any atom is 0.307 e. The van der Waals surface area contributed by atoms with Crippen LogP contribution in [-0.4, -0.2) is 34.3 Å². The van der Waals surface area contributed by atoms with Crippen LogP contribution in [0, 0.1) is 10.1 Å². The molecule has 3 aromatic heterocycles. The van der Waals surface area contributed by atoms with Gasteiger partial charge in [-0.2, -0.15) is 5.10 Å². The van der Waals surface area contributed by atoms with Crippen LogP contribution in [0.4, 0.5) is 5.69 Å². The lowest BCUT2D eigenvalue weighted by molar-refractivity contribution is -0.385. The van der Waals surface area contributed by atoms with Gasteiger partial charge in [0.1, 0.15) is 24.3 Å². The van der Waals surface area contributed by atoms with E-state index >= 15 is 0 Å². The second-order valence-electron chi connectivity index (χ2n) is 5.92. The van der Waals surface area contributed by atoms with Gasteiger partial charge in [-0.1, -0.05) is 12.1 Å². The Balaban J connectivity index is 1.88. The quantitative estimate of drug-likeness (QED) is 0.423. The third-order valence-corrected chi connectivity index (χ3v) is 3.98. The molecule has 9 nitrogen and oxygen atoms in total. The molecule has 9 heteroatoms. The Morgan fingerprint density at radius 1 is 1.25 bits per heavy atom. The van der Waals surface area contributed by atoms with Gasteiger partial charge in [-0.15, -0.1) is 5.10 Å². The molecule has 3 heterocycles. The molecule has 4 aromatic rings. The second-order valence-corrected chi connectivity index (χ2v) is 5.92. The van der Waals surface area contributed by atoms with Crippen LogP contribution in [0.3, 0.4) is 0 Å². The highest BCUT2D eigenvalue weighted by atomic mass is 16.6. The van der Waals surface area contributed by atoms with Gasteiger partial charge < -0.3 is 0 Å². The summed E-state index contributed by atoms with van der Waals surface area (Å²) in [5, 5.41) is 20.3. The lowest BCUT2D eigenvalue weighted by atomic mass is 10.1. The maximum atomic E-state index is 10.9. The zero-order chi connectivity index (χ0) is 16.9. The summed E-state index contributed by atoms with van der Waals surface area (Å²) in [5.74, 6) is 0.499. The van der Waals surface area contributed by atoms with Crippen molar-refractivity contribution in [1.29, 1.82) is 0 Å². The Morgan fingerprint density at radius 3 is 2.79 bits per heavy atom. The van der Waals surface area contributed by atoms with Gasteiger partial charge >= 0.3 is 5.69 Å². The molecule has 0 fully saturated rings. The molecule has 0 N–H and O–H groups in total. The van der Waals surface area contributed by atoms with Crippen LogP contribution in [0.2, 0.25) is 0 Å². The summed E-state index contributed by atoms with van der Waals surface area (Å²) in [5.41, 5.74) is 0.697. The zero-order valence-corrected chi connectivity index (χ0v) is 13.0. The van der Waals surface area contributed by atoms with Crippen molar-refractivity contribution in [3.05, 3.63) is 58.9 Å². The summed E-state index contributed by atoms with van der Waals surface area (Å²) in [6, 6.07) is 7.67. The summed E-state index contributed by atoms with van der Waals surface area (Å²) in [7, 11) is 0. The van der Waals surface area contributed by atoms with Crippen LogP contribution >= 0.6 is 0 Å². The monoisotopic (exact) mass is 323 g/mol. The third kappa shape index (κ3) is 2.02. The molecule has 0 saturated heterocycles. The van der Waals surface area contributed by atoms with Crippen molar-refractivity contribution in [2.24, 2.45) is 0 Å². The number of rotatable bonds is 3. The molecular formula is C15H13N7O2. The summed E-state index contributed by atoms with van der Waals surface area (Å²) >= 11 is 0. The SMILES string of the molecule is CC(C)(c1nc2c3ccccc3ncn2n1)n1cc([N+](=O)[O-])cn1. The molecule has 0 aliphatic carbocycles. The van der Waals surface area contributed by atoms with E-state index in [-0.39, 0.29) is 5.69 Å². The number of fused-ring (bicyclic) bond motifs is 3. The van der Waals surface area contributed by atoms with Gasteiger partial charge in [-0.05, 0) is 26.0 Å². The van der Waals surface area contributed by atoms with E-state index in [4.69, 9.17) is 0 Å². The number of nitro groups is 1. The van der Waals surface area contributed by atoms with Crippen LogP contribution < -0.4 is 0 Å². The molecule has 0 aliphatic heterocycles. The van der Waals surface area contributed by atoms with Gasteiger partial charge in [0.2, 0.25) is 0 Å². The molecule has 1 aromatic carbocycles. The first-order chi connectivity index (χ1) is 11.5. The fourth-order valence-electron chi connectivity index (χ4n) is 2.55. The fraction of sp³-hybridized carbons (Fsp3) is 0.200. The summed E-state index contributed by atoms with van der Waals surface area (Å²) < 4.78 is 3.10. The summed E-state index contributed by atoms with van der Waals surface area (Å²) in [6.45, 7) is 3.71. The molecular weight excluding hydrogens is 310 g/mol. The number of hydrogen-bond acceptors (Lipinski definition) is 6. The van der Waals surface area contributed by atoms with E-state index in [1.807, 2.05) is 38.1 Å². The number of benzene rings is 1. The van der Waals surface area contributed by atoms with Gasteiger partial charge in [-0.3, -0.25) is 14.8 Å². The van der Waals surface area contributed by atoms with Crippen molar-refractivity contribution < 1.29 is 4.92 Å².